The minimum absolute atomic E-state index is 0.0978. The van der Waals surface area contributed by atoms with Gasteiger partial charge in [-0.1, -0.05) is 13.0 Å². The maximum atomic E-state index is 12.8. The Morgan fingerprint density at radius 3 is 3.00 bits per heavy atom. The molecule has 1 nitrogen and oxygen atoms in total. The Bertz CT molecular complexity index is 309. The second kappa shape index (κ2) is 2.56. The van der Waals surface area contributed by atoms with Gasteiger partial charge in [0.25, 0.3) is 0 Å². The third kappa shape index (κ3) is 1.03. The summed E-state index contributed by atoms with van der Waals surface area (Å²) in [4.78, 5) is 0. The van der Waals surface area contributed by atoms with Crippen molar-refractivity contribution in [3.05, 3.63) is 35.1 Å². The summed E-state index contributed by atoms with van der Waals surface area (Å²) in [5.41, 5.74) is 8.11. The van der Waals surface area contributed by atoms with E-state index in [-0.39, 0.29) is 11.9 Å². The highest BCUT2D eigenvalue weighted by molar-refractivity contribution is 5.35. The zero-order chi connectivity index (χ0) is 8.72. The summed E-state index contributed by atoms with van der Waals surface area (Å²) in [7, 11) is 0. The number of fused-ring (bicyclic) bond motifs is 1. The number of benzene rings is 1. The Morgan fingerprint density at radius 2 is 2.25 bits per heavy atom. The molecule has 0 heterocycles. The molecule has 0 radical (unpaired) electrons. The molecule has 2 N–H and O–H groups in total. The van der Waals surface area contributed by atoms with Crippen LogP contribution in [0.25, 0.3) is 0 Å². The van der Waals surface area contributed by atoms with Crippen LogP contribution < -0.4 is 5.73 Å². The van der Waals surface area contributed by atoms with Crippen LogP contribution in [0.2, 0.25) is 0 Å². The highest BCUT2D eigenvalue weighted by atomic mass is 19.1. The molecule has 2 heteroatoms. The fourth-order valence-electron chi connectivity index (χ4n) is 1.86. The molecule has 0 bridgehead atoms. The van der Waals surface area contributed by atoms with Crippen molar-refractivity contribution in [2.75, 3.05) is 0 Å². The first-order valence-corrected chi connectivity index (χ1v) is 4.22. The fraction of sp³-hybridized carbons (Fsp3) is 0.400. The highest BCUT2D eigenvalue weighted by Crippen LogP contribution is 2.33. The molecule has 0 aromatic heterocycles. The van der Waals surface area contributed by atoms with Crippen molar-refractivity contribution in [3.63, 3.8) is 0 Å². The largest absolute Gasteiger partial charge is 0.324 e. The van der Waals surface area contributed by atoms with Crippen LogP contribution in [-0.4, -0.2) is 0 Å². The molecule has 2 atom stereocenters. The quantitative estimate of drug-likeness (QED) is 0.625. The average Bonchev–Trinajstić information content (AvgIpc) is 2.28. The Morgan fingerprint density at radius 1 is 1.50 bits per heavy atom. The lowest BCUT2D eigenvalue weighted by molar-refractivity contribution is 0.513. The second-order valence-electron chi connectivity index (χ2n) is 3.55. The molecule has 64 valence electrons. The van der Waals surface area contributed by atoms with E-state index in [0.29, 0.717) is 5.92 Å². The van der Waals surface area contributed by atoms with Crippen LogP contribution in [-0.2, 0) is 6.42 Å². The predicted octanol–water partition coefficient (Wildman–Crippen LogP) is 2.02. The molecule has 1 aliphatic carbocycles. The zero-order valence-corrected chi connectivity index (χ0v) is 7.05. The summed E-state index contributed by atoms with van der Waals surface area (Å²) in [6.07, 6.45) is 0.911. The fourth-order valence-corrected chi connectivity index (χ4v) is 1.86. The van der Waals surface area contributed by atoms with E-state index in [1.54, 1.807) is 12.1 Å². The van der Waals surface area contributed by atoms with Crippen LogP contribution in [0.1, 0.15) is 24.1 Å². The Labute approximate surface area is 71.4 Å². The van der Waals surface area contributed by atoms with E-state index in [1.807, 2.05) is 0 Å². The maximum Gasteiger partial charge on any atom is 0.123 e. The Balaban J connectivity index is 2.47. The number of rotatable bonds is 0. The molecule has 2 unspecified atom stereocenters. The number of halogens is 1. The van der Waals surface area contributed by atoms with Crippen molar-refractivity contribution >= 4 is 0 Å². The number of nitrogens with two attached hydrogens (primary N) is 1. The van der Waals surface area contributed by atoms with Gasteiger partial charge in [-0.2, -0.15) is 0 Å². The second-order valence-corrected chi connectivity index (χ2v) is 3.55. The van der Waals surface area contributed by atoms with E-state index in [2.05, 4.69) is 6.92 Å². The van der Waals surface area contributed by atoms with Gasteiger partial charge in [-0.3, -0.25) is 0 Å². The molecule has 0 spiro atoms. The summed E-state index contributed by atoms with van der Waals surface area (Å²) in [6.45, 7) is 2.10. The van der Waals surface area contributed by atoms with Gasteiger partial charge in [0.1, 0.15) is 5.82 Å². The smallest absolute Gasteiger partial charge is 0.123 e. The van der Waals surface area contributed by atoms with Crippen LogP contribution in [0.4, 0.5) is 4.39 Å². The van der Waals surface area contributed by atoms with Crippen LogP contribution in [0.5, 0.6) is 0 Å². The normalized spacial score (nSPS) is 27.2. The molecule has 0 saturated carbocycles. The first kappa shape index (κ1) is 7.74. The lowest BCUT2D eigenvalue weighted by atomic mass is 10.0. The summed E-state index contributed by atoms with van der Waals surface area (Å²) in [6, 6.07) is 4.98. The van der Waals surface area contributed by atoms with Crippen LogP contribution in [0.3, 0.4) is 0 Å². The maximum absolute atomic E-state index is 12.8. The van der Waals surface area contributed by atoms with Gasteiger partial charge < -0.3 is 5.73 Å². The lowest BCUT2D eigenvalue weighted by Crippen LogP contribution is -2.13. The molecule has 0 fully saturated rings. The third-order valence-corrected chi connectivity index (χ3v) is 2.62. The van der Waals surface area contributed by atoms with Gasteiger partial charge in [0, 0.05) is 6.04 Å². The third-order valence-electron chi connectivity index (χ3n) is 2.62. The first-order valence-electron chi connectivity index (χ1n) is 4.22. The monoisotopic (exact) mass is 165 g/mol. The van der Waals surface area contributed by atoms with E-state index in [0.717, 1.165) is 17.5 Å². The lowest BCUT2D eigenvalue weighted by Gasteiger charge is -2.08. The molecule has 0 saturated heterocycles. The summed E-state index contributed by atoms with van der Waals surface area (Å²) >= 11 is 0. The highest BCUT2D eigenvalue weighted by Gasteiger charge is 2.25. The molecule has 0 aliphatic heterocycles. The number of hydrogen-bond acceptors (Lipinski definition) is 1. The average molecular weight is 165 g/mol. The predicted molar refractivity (Wildman–Crippen MR) is 46.2 cm³/mol. The summed E-state index contributed by atoms with van der Waals surface area (Å²) < 4.78 is 12.8. The topological polar surface area (TPSA) is 26.0 Å². The number of hydrogen-bond donors (Lipinski definition) is 1. The summed E-state index contributed by atoms with van der Waals surface area (Å²) in [5.74, 6) is 0.289. The molecule has 12 heavy (non-hydrogen) atoms. The molecule has 1 aromatic rings. The van der Waals surface area contributed by atoms with Crippen molar-refractivity contribution in [2.45, 2.75) is 19.4 Å². The van der Waals surface area contributed by atoms with Crippen molar-refractivity contribution in [1.29, 1.82) is 0 Å². The molecule has 0 amide bonds. The first-order chi connectivity index (χ1) is 5.68. The van der Waals surface area contributed by atoms with E-state index < -0.39 is 0 Å². The van der Waals surface area contributed by atoms with Crippen molar-refractivity contribution in [1.82, 2.24) is 0 Å². The molecule has 1 aliphatic rings. The van der Waals surface area contributed by atoms with Gasteiger partial charge in [0.15, 0.2) is 0 Å². The van der Waals surface area contributed by atoms with Crippen molar-refractivity contribution in [2.24, 2.45) is 11.7 Å². The Hall–Kier alpha value is -0.890. The molecular formula is C10H12FN. The van der Waals surface area contributed by atoms with Crippen molar-refractivity contribution in [3.8, 4) is 0 Å². The van der Waals surface area contributed by atoms with Gasteiger partial charge in [-0.15, -0.1) is 0 Å². The van der Waals surface area contributed by atoms with Crippen LogP contribution >= 0.6 is 0 Å². The van der Waals surface area contributed by atoms with Gasteiger partial charge in [0.05, 0.1) is 0 Å². The SMILES string of the molecule is CC1Cc2cc(F)ccc2C1N. The van der Waals surface area contributed by atoms with E-state index in [9.17, 15) is 4.39 Å². The zero-order valence-electron chi connectivity index (χ0n) is 7.05. The standard InChI is InChI=1S/C10H12FN/c1-6-4-7-5-8(11)2-3-9(7)10(6)12/h2-3,5-6,10H,4,12H2,1H3. The van der Waals surface area contributed by atoms with Gasteiger partial charge in [-0.05, 0) is 35.6 Å². The van der Waals surface area contributed by atoms with Crippen LogP contribution in [0.15, 0.2) is 18.2 Å². The molecular weight excluding hydrogens is 153 g/mol. The summed E-state index contributed by atoms with van der Waals surface area (Å²) in [5, 5.41) is 0. The van der Waals surface area contributed by atoms with Gasteiger partial charge in [0.2, 0.25) is 0 Å². The van der Waals surface area contributed by atoms with Crippen LogP contribution in [0, 0.1) is 11.7 Å². The minimum Gasteiger partial charge on any atom is -0.324 e. The van der Waals surface area contributed by atoms with E-state index in [1.165, 1.54) is 6.07 Å². The Kier molecular flexibility index (Phi) is 1.65. The van der Waals surface area contributed by atoms with Crippen molar-refractivity contribution < 1.29 is 4.39 Å². The molecule has 1 aromatic carbocycles. The van der Waals surface area contributed by atoms with E-state index in [4.69, 9.17) is 5.73 Å². The van der Waals surface area contributed by atoms with Gasteiger partial charge in [-0.25, -0.2) is 4.39 Å². The van der Waals surface area contributed by atoms with E-state index >= 15 is 0 Å². The van der Waals surface area contributed by atoms with Gasteiger partial charge >= 0.3 is 0 Å². The minimum atomic E-state index is -0.157. The molecule has 2 rings (SSSR count).